The molecular weight excluding hydrogens is 436 g/mol. The first-order valence-electron chi connectivity index (χ1n) is 10.4. The van der Waals surface area contributed by atoms with Gasteiger partial charge in [0.1, 0.15) is 5.82 Å². The van der Waals surface area contributed by atoms with Crippen LogP contribution in [0.5, 0.6) is 0 Å². The number of hydrogen-bond donors (Lipinski definition) is 4. The lowest BCUT2D eigenvalue weighted by molar-refractivity contribution is 0.961. The number of nitrogens with two attached hydrogens (primary N) is 4. The number of nitrogen functional groups attached to an aromatic ring is 3. The van der Waals surface area contributed by atoms with E-state index in [0.717, 1.165) is 45.8 Å². The lowest BCUT2D eigenvalue weighted by atomic mass is 10.0. The van der Waals surface area contributed by atoms with E-state index < -0.39 is 0 Å². The van der Waals surface area contributed by atoms with Crippen molar-refractivity contribution < 1.29 is 0 Å². The number of aromatic nitrogens is 4. The minimum atomic E-state index is 0.231. The molecule has 0 saturated heterocycles. The van der Waals surface area contributed by atoms with Gasteiger partial charge in [-0.25, -0.2) is 15.0 Å². The molecule has 170 valence electrons. The van der Waals surface area contributed by atoms with Gasteiger partial charge in [-0.05, 0) is 36.6 Å². The summed E-state index contributed by atoms with van der Waals surface area (Å²) in [5.41, 5.74) is 29.1. The Balaban J connectivity index is 0.000000186. The lowest BCUT2D eigenvalue weighted by Crippen LogP contribution is -2.08. The van der Waals surface area contributed by atoms with Gasteiger partial charge in [-0.2, -0.15) is 4.98 Å². The van der Waals surface area contributed by atoms with Crippen LogP contribution in [0, 0.1) is 6.92 Å². The van der Waals surface area contributed by atoms with Crippen LogP contribution in [0.15, 0.2) is 54.6 Å². The number of rotatable bonds is 4. The average molecular weight is 463 g/mol. The average Bonchev–Trinajstić information content (AvgIpc) is 2.80. The minimum Gasteiger partial charge on any atom is -0.383 e. The molecule has 2 heterocycles. The van der Waals surface area contributed by atoms with Crippen LogP contribution in [0.2, 0.25) is 5.02 Å². The van der Waals surface area contributed by atoms with Crippen LogP contribution in [0.4, 0.5) is 17.7 Å². The highest BCUT2D eigenvalue weighted by molar-refractivity contribution is 6.30. The van der Waals surface area contributed by atoms with E-state index in [2.05, 4.69) is 19.9 Å². The first kappa shape index (κ1) is 23.9. The number of nitrogens with zero attached hydrogens (tertiary/aromatic N) is 4. The van der Waals surface area contributed by atoms with Crippen LogP contribution in [-0.2, 0) is 13.0 Å². The van der Waals surface area contributed by atoms with Gasteiger partial charge in [-0.3, -0.25) is 0 Å². The van der Waals surface area contributed by atoms with E-state index in [1.807, 2.05) is 68.4 Å². The van der Waals surface area contributed by atoms with Crippen LogP contribution in [0.3, 0.4) is 0 Å². The normalized spacial score (nSPS) is 10.4. The summed E-state index contributed by atoms with van der Waals surface area (Å²) in [4.78, 5) is 16.5. The summed E-state index contributed by atoms with van der Waals surface area (Å²) in [6, 6.07) is 17.4. The molecule has 0 aliphatic carbocycles. The largest absolute Gasteiger partial charge is 0.383 e. The highest BCUT2D eigenvalue weighted by Gasteiger charge is 2.12. The Morgan fingerprint density at radius 2 is 1.30 bits per heavy atom. The van der Waals surface area contributed by atoms with Gasteiger partial charge in [-0.15, -0.1) is 0 Å². The molecule has 33 heavy (non-hydrogen) atoms. The topological polar surface area (TPSA) is 156 Å². The predicted octanol–water partition coefficient (Wildman–Crippen LogP) is 4.02. The Morgan fingerprint density at radius 3 is 1.91 bits per heavy atom. The fourth-order valence-corrected chi connectivity index (χ4v) is 3.64. The molecular formula is C24H27ClN8. The first-order valence-corrected chi connectivity index (χ1v) is 10.8. The summed E-state index contributed by atoms with van der Waals surface area (Å²) in [5.74, 6) is 0.922. The molecule has 8 nitrogen and oxygen atoms in total. The molecule has 0 amide bonds. The van der Waals surface area contributed by atoms with E-state index in [0.29, 0.717) is 17.4 Å². The van der Waals surface area contributed by atoms with Crippen molar-refractivity contribution in [2.24, 2.45) is 5.73 Å². The molecule has 0 bridgehead atoms. The maximum Gasteiger partial charge on any atom is 0.222 e. The first-order chi connectivity index (χ1) is 15.8. The van der Waals surface area contributed by atoms with E-state index in [-0.39, 0.29) is 11.9 Å². The van der Waals surface area contributed by atoms with E-state index in [1.165, 1.54) is 0 Å². The zero-order chi connectivity index (χ0) is 24.0. The third-order valence-electron chi connectivity index (χ3n) is 4.93. The van der Waals surface area contributed by atoms with Crippen molar-refractivity contribution in [1.82, 2.24) is 19.9 Å². The second-order valence-corrected chi connectivity index (χ2v) is 7.64. The van der Waals surface area contributed by atoms with Crippen molar-refractivity contribution in [2.45, 2.75) is 26.8 Å². The van der Waals surface area contributed by atoms with Crippen molar-refractivity contribution in [3.05, 3.63) is 76.7 Å². The second kappa shape index (κ2) is 10.7. The molecule has 9 heteroatoms. The molecule has 0 aliphatic heterocycles. The maximum absolute atomic E-state index is 5.90. The smallest absolute Gasteiger partial charge is 0.222 e. The van der Waals surface area contributed by atoms with Crippen LogP contribution in [0.1, 0.15) is 24.0 Å². The standard InChI is InChI=1S/C12H13ClN4.C12H14N4/c1-7-11(8-2-4-9(13)5-3-8)10(6-14)17-12(15)16-7;1-2-9-10(8-6-4-3-5-7-8)11(13)16-12(14)15-9/h2-5H,6,14H2,1H3,(H2,15,16,17);3-7H,2H2,1H3,(H4,13,14,15,16). The monoisotopic (exact) mass is 462 g/mol. The van der Waals surface area contributed by atoms with Crippen molar-refractivity contribution in [2.75, 3.05) is 17.2 Å². The number of benzene rings is 2. The van der Waals surface area contributed by atoms with Gasteiger partial charge in [0.25, 0.3) is 0 Å². The Morgan fingerprint density at radius 1 is 0.727 bits per heavy atom. The summed E-state index contributed by atoms with van der Waals surface area (Å²) in [6.07, 6.45) is 0.779. The molecule has 0 radical (unpaired) electrons. The van der Waals surface area contributed by atoms with Gasteiger partial charge in [0.05, 0.1) is 17.1 Å². The highest BCUT2D eigenvalue weighted by atomic mass is 35.5. The van der Waals surface area contributed by atoms with E-state index in [4.69, 9.17) is 34.5 Å². The quantitative estimate of drug-likeness (QED) is 0.354. The fourth-order valence-electron chi connectivity index (χ4n) is 3.52. The van der Waals surface area contributed by atoms with Gasteiger partial charge in [0, 0.05) is 22.7 Å². The molecule has 8 N–H and O–H groups in total. The fraction of sp³-hybridized carbons (Fsp3) is 0.167. The zero-order valence-electron chi connectivity index (χ0n) is 18.6. The molecule has 0 spiro atoms. The van der Waals surface area contributed by atoms with Crippen LogP contribution < -0.4 is 22.9 Å². The molecule has 2 aromatic carbocycles. The van der Waals surface area contributed by atoms with Crippen LogP contribution in [-0.4, -0.2) is 19.9 Å². The predicted molar refractivity (Wildman–Crippen MR) is 135 cm³/mol. The summed E-state index contributed by atoms with van der Waals surface area (Å²) in [5, 5.41) is 0.692. The van der Waals surface area contributed by atoms with Gasteiger partial charge in [0.15, 0.2) is 0 Å². The van der Waals surface area contributed by atoms with Crippen molar-refractivity contribution in [3.63, 3.8) is 0 Å². The molecule has 2 aromatic heterocycles. The Kier molecular flexibility index (Phi) is 7.76. The third kappa shape index (κ3) is 5.74. The third-order valence-corrected chi connectivity index (χ3v) is 5.19. The van der Waals surface area contributed by atoms with Crippen LogP contribution in [0.25, 0.3) is 22.3 Å². The molecule has 0 saturated carbocycles. The zero-order valence-corrected chi connectivity index (χ0v) is 19.3. The number of halogens is 1. The summed E-state index contributed by atoms with van der Waals surface area (Å²) < 4.78 is 0. The van der Waals surface area contributed by atoms with Crippen molar-refractivity contribution in [3.8, 4) is 22.3 Å². The molecule has 0 fully saturated rings. The summed E-state index contributed by atoms with van der Waals surface area (Å²) in [7, 11) is 0. The Bertz CT molecular complexity index is 1230. The van der Waals surface area contributed by atoms with E-state index in [9.17, 15) is 0 Å². The Labute approximate surface area is 198 Å². The summed E-state index contributed by atoms with van der Waals surface area (Å²) in [6.45, 7) is 4.24. The molecule has 0 unspecified atom stereocenters. The highest BCUT2D eigenvalue weighted by Crippen LogP contribution is 2.28. The minimum absolute atomic E-state index is 0.231. The molecule has 0 atom stereocenters. The second-order valence-electron chi connectivity index (χ2n) is 7.21. The number of aryl methyl sites for hydroxylation is 2. The summed E-state index contributed by atoms with van der Waals surface area (Å²) >= 11 is 5.86. The van der Waals surface area contributed by atoms with E-state index in [1.54, 1.807) is 0 Å². The number of anilines is 3. The van der Waals surface area contributed by atoms with Gasteiger partial charge in [0.2, 0.25) is 11.9 Å². The van der Waals surface area contributed by atoms with Crippen molar-refractivity contribution >= 4 is 29.3 Å². The molecule has 4 rings (SSSR count). The number of hydrogen-bond acceptors (Lipinski definition) is 8. The maximum atomic E-state index is 5.90. The van der Waals surface area contributed by atoms with Gasteiger partial charge < -0.3 is 22.9 Å². The van der Waals surface area contributed by atoms with Crippen molar-refractivity contribution in [1.29, 1.82) is 0 Å². The van der Waals surface area contributed by atoms with E-state index >= 15 is 0 Å². The van der Waals surface area contributed by atoms with Gasteiger partial charge in [-0.1, -0.05) is 61.0 Å². The lowest BCUT2D eigenvalue weighted by Gasteiger charge is -2.11. The molecule has 0 aliphatic rings. The Hall–Kier alpha value is -3.75. The van der Waals surface area contributed by atoms with Gasteiger partial charge >= 0.3 is 0 Å². The van der Waals surface area contributed by atoms with Crippen LogP contribution >= 0.6 is 11.6 Å². The SMILES string of the molecule is CCc1nc(N)nc(N)c1-c1ccccc1.Cc1nc(N)nc(CN)c1-c1ccc(Cl)cc1. The molecule has 4 aromatic rings.